The summed E-state index contributed by atoms with van der Waals surface area (Å²) in [6.07, 6.45) is 3.97. The van der Waals surface area contributed by atoms with Crippen molar-refractivity contribution in [2.24, 2.45) is 0 Å². The van der Waals surface area contributed by atoms with E-state index >= 15 is 0 Å². The van der Waals surface area contributed by atoms with Gasteiger partial charge >= 0.3 is 0 Å². The first-order chi connectivity index (χ1) is 14.8. The number of amides is 1. The van der Waals surface area contributed by atoms with Gasteiger partial charge < -0.3 is 14.8 Å². The Kier molecular flexibility index (Phi) is 9.08. The molecule has 0 aliphatic carbocycles. The molecule has 2 aromatic rings. The number of rotatable bonds is 11. The Labute approximate surface area is 184 Å². The van der Waals surface area contributed by atoms with Gasteiger partial charge in [-0.1, -0.05) is 31.2 Å². The molecule has 7 nitrogen and oxygen atoms in total. The third kappa shape index (κ3) is 6.83. The van der Waals surface area contributed by atoms with Gasteiger partial charge in [-0.25, -0.2) is 12.7 Å². The van der Waals surface area contributed by atoms with Crippen LogP contribution in [-0.4, -0.2) is 45.9 Å². The van der Waals surface area contributed by atoms with Crippen LogP contribution in [0.2, 0.25) is 0 Å². The van der Waals surface area contributed by atoms with Gasteiger partial charge in [0.2, 0.25) is 15.9 Å². The van der Waals surface area contributed by atoms with Crippen molar-refractivity contribution in [3.8, 4) is 11.5 Å². The lowest BCUT2D eigenvalue weighted by atomic mass is 10.2. The van der Waals surface area contributed by atoms with Crippen molar-refractivity contribution < 1.29 is 22.7 Å². The van der Waals surface area contributed by atoms with E-state index in [0.717, 1.165) is 16.3 Å². The second-order valence-electron chi connectivity index (χ2n) is 6.93. The summed E-state index contributed by atoms with van der Waals surface area (Å²) in [5.41, 5.74) is 1.31. The number of carbonyl (C=O) groups is 1. The number of benzene rings is 2. The fourth-order valence-corrected chi connectivity index (χ4v) is 3.85. The summed E-state index contributed by atoms with van der Waals surface area (Å²) < 4.78 is 37.4. The molecular formula is C23H30N2O5S. The van der Waals surface area contributed by atoms with Gasteiger partial charge in [-0.2, -0.15) is 0 Å². The Hall–Kier alpha value is -2.84. The average Bonchev–Trinajstić information content (AvgIpc) is 2.75. The smallest absolute Gasteiger partial charge is 0.244 e. The highest BCUT2D eigenvalue weighted by Gasteiger charge is 2.20. The first-order valence-electron chi connectivity index (χ1n) is 10.2. The molecular weight excluding hydrogens is 416 g/mol. The minimum Gasteiger partial charge on any atom is -0.490 e. The Morgan fingerprint density at radius 3 is 2.48 bits per heavy atom. The minimum absolute atomic E-state index is 0.0976. The van der Waals surface area contributed by atoms with Gasteiger partial charge in [0, 0.05) is 26.7 Å². The van der Waals surface area contributed by atoms with E-state index < -0.39 is 10.0 Å². The predicted octanol–water partition coefficient (Wildman–Crippen LogP) is 3.45. The van der Waals surface area contributed by atoms with Crippen LogP contribution in [0.5, 0.6) is 11.5 Å². The molecule has 31 heavy (non-hydrogen) atoms. The number of nitrogens with one attached hydrogen (secondary N) is 1. The zero-order valence-electron chi connectivity index (χ0n) is 18.4. The molecule has 2 rings (SSSR count). The largest absolute Gasteiger partial charge is 0.490 e. The molecule has 168 valence electrons. The summed E-state index contributed by atoms with van der Waals surface area (Å²) in [4.78, 5) is 12.5. The summed E-state index contributed by atoms with van der Waals surface area (Å²) in [6, 6.07) is 12.1. The van der Waals surface area contributed by atoms with Gasteiger partial charge in [-0.05, 0) is 48.7 Å². The second kappa shape index (κ2) is 11.5. The molecule has 0 aliphatic heterocycles. The van der Waals surface area contributed by atoms with Crippen LogP contribution in [0, 0.1) is 0 Å². The summed E-state index contributed by atoms with van der Waals surface area (Å²) in [7, 11) is -0.644. The van der Waals surface area contributed by atoms with Crippen LogP contribution in [0.1, 0.15) is 31.4 Å². The Bertz CT molecular complexity index is 1020. The third-order valence-electron chi connectivity index (χ3n) is 4.34. The molecule has 0 aliphatic rings. The number of hydrogen-bond acceptors (Lipinski definition) is 5. The monoisotopic (exact) mass is 446 g/mol. The van der Waals surface area contributed by atoms with Crippen molar-refractivity contribution in [1.29, 1.82) is 0 Å². The average molecular weight is 447 g/mol. The molecule has 1 N–H and O–H groups in total. The van der Waals surface area contributed by atoms with Gasteiger partial charge in [-0.3, -0.25) is 4.79 Å². The van der Waals surface area contributed by atoms with E-state index in [2.05, 4.69) is 5.32 Å². The SMILES string of the molecule is CCCOc1ccc(/C=C/C(=O)NCc2ccccc2S(=O)(=O)N(C)C)cc1OCC. The van der Waals surface area contributed by atoms with E-state index in [9.17, 15) is 13.2 Å². The molecule has 0 unspecified atom stereocenters. The molecule has 8 heteroatoms. The van der Waals surface area contributed by atoms with Crippen molar-refractivity contribution >= 4 is 22.0 Å². The number of ether oxygens (including phenoxy) is 2. The highest BCUT2D eigenvalue weighted by atomic mass is 32.2. The molecule has 0 fully saturated rings. The summed E-state index contributed by atoms with van der Waals surface area (Å²) in [5.74, 6) is 0.965. The summed E-state index contributed by atoms with van der Waals surface area (Å²) >= 11 is 0. The second-order valence-corrected chi connectivity index (χ2v) is 9.05. The number of sulfonamides is 1. The first-order valence-corrected chi connectivity index (χ1v) is 11.6. The van der Waals surface area contributed by atoms with Gasteiger partial charge in [-0.15, -0.1) is 0 Å². The fourth-order valence-electron chi connectivity index (χ4n) is 2.74. The normalized spacial score (nSPS) is 11.6. The minimum atomic E-state index is -3.59. The van der Waals surface area contributed by atoms with Crippen LogP contribution in [0.4, 0.5) is 0 Å². The highest BCUT2D eigenvalue weighted by molar-refractivity contribution is 7.89. The van der Waals surface area contributed by atoms with Crippen LogP contribution in [0.25, 0.3) is 6.08 Å². The quantitative estimate of drug-likeness (QED) is 0.535. The van der Waals surface area contributed by atoms with Crippen LogP contribution < -0.4 is 14.8 Å². The van der Waals surface area contributed by atoms with Gasteiger partial charge in [0.25, 0.3) is 0 Å². The van der Waals surface area contributed by atoms with E-state index in [1.54, 1.807) is 24.3 Å². The number of hydrogen-bond donors (Lipinski definition) is 1. The molecule has 0 saturated carbocycles. The molecule has 0 radical (unpaired) electrons. The molecule has 0 spiro atoms. The Morgan fingerprint density at radius 1 is 1.06 bits per heavy atom. The first kappa shape index (κ1) is 24.4. The zero-order chi connectivity index (χ0) is 22.9. The molecule has 0 atom stereocenters. The highest BCUT2D eigenvalue weighted by Crippen LogP contribution is 2.29. The van der Waals surface area contributed by atoms with E-state index in [0.29, 0.717) is 30.3 Å². The Balaban J connectivity index is 2.08. The standard InChI is InChI=1S/C23H30N2O5S/c1-5-15-30-20-13-11-18(16-21(20)29-6-2)12-14-23(26)24-17-19-9-7-8-10-22(19)31(27,28)25(3)4/h7-14,16H,5-6,15,17H2,1-4H3,(H,24,26)/b14-12+. The maximum Gasteiger partial charge on any atom is 0.244 e. The lowest BCUT2D eigenvalue weighted by Gasteiger charge is -2.15. The fraction of sp³-hybridized carbons (Fsp3) is 0.348. The Morgan fingerprint density at radius 2 is 1.81 bits per heavy atom. The van der Waals surface area contributed by atoms with Crippen LogP contribution in [0.3, 0.4) is 0 Å². The maximum atomic E-state index is 12.5. The van der Waals surface area contributed by atoms with Crippen molar-refractivity contribution in [3.05, 3.63) is 59.7 Å². The van der Waals surface area contributed by atoms with E-state index in [1.807, 2.05) is 32.0 Å². The molecule has 0 bridgehead atoms. The topological polar surface area (TPSA) is 84.9 Å². The lowest BCUT2D eigenvalue weighted by Crippen LogP contribution is -2.26. The van der Waals surface area contributed by atoms with E-state index in [-0.39, 0.29) is 17.3 Å². The molecule has 2 aromatic carbocycles. The van der Waals surface area contributed by atoms with Crippen LogP contribution in [0.15, 0.2) is 53.4 Å². The molecule has 0 saturated heterocycles. The molecule has 0 heterocycles. The van der Waals surface area contributed by atoms with Crippen LogP contribution in [-0.2, 0) is 21.4 Å². The van der Waals surface area contributed by atoms with Gasteiger partial charge in [0.1, 0.15) is 0 Å². The van der Waals surface area contributed by atoms with E-state index in [4.69, 9.17) is 9.47 Å². The maximum absolute atomic E-state index is 12.5. The van der Waals surface area contributed by atoms with Crippen LogP contribution >= 0.6 is 0 Å². The third-order valence-corrected chi connectivity index (χ3v) is 6.26. The molecule has 0 aromatic heterocycles. The van der Waals surface area contributed by atoms with Crippen molar-refractivity contribution in [2.75, 3.05) is 27.3 Å². The lowest BCUT2D eigenvalue weighted by molar-refractivity contribution is -0.116. The van der Waals surface area contributed by atoms with Crippen molar-refractivity contribution in [2.45, 2.75) is 31.7 Å². The van der Waals surface area contributed by atoms with Gasteiger partial charge in [0.15, 0.2) is 11.5 Å². The molecule has 1 amide bonds. The van der Waals surface area contributed by atoms with E-state index in [1.165, 1.54) is 26.2 Å². The number of carbonyl (C=O) groups excluding carboxylic acids is 1. The number of nitrogens with zero attached hydrogens (tertiary/aromatic N) is 1. The summed E-state index contributed by atoms with van der Waals surface area (Å²) in [5, 5.41) is 2.74. The zero-order valence-corrected chi connectivity index (χ0v) is 19.2. The predicted molar refractivity (Wildman–Crippen MR) is 122 cm³/mol. The van der Waals surface area contributed by atoms with Gasteiger partial charge in [0.05, 0.1) is 18.1 Å². The van der Waals surface area contributed by atoms with Crippen molar-refractivity contribution in [1.82, 2.24) is 9.62 Å². The summed E-state index contributed by atoms with van der Waals surface area (Å²) in [6.45, 7) is 5.13. The van der Waals surface area contributed by atoms with Crippen molar-refractivity contribution in [3.63, 3.8) is 0 Å².